The Labute approximate surface area is 148 Å². The van der Waals surface area contributed by atoms with Crippen LogP contribution in [0.1, 0.15) is 27.9 Å². The topological polar surface area (TPSA) is 57.1 Å². The van der Waals surface area contributed by atoms with E-state index in [9.17, 15) is 4.79 Å². The summed E-state index contributed by atoms with van der Waals surface area (Å²) in [7, 11) is 3.12. The quantitative estimate of drug-likeness (QED) is 0.586. The van der Waals surface area contributed by atoms with E-state index < -0.39 is 5.97 Å². The van der Waals surface area contributed by atoms with Crippen molar-refractivity contribution in [3.8, 4) is 11.5 Å². The van der Waals surface area contributed by atoms with E-state index >= 15 is 0 Å². The average Bonchev–Trinajstić information content (AvgIpc) is 3.05. The van der Waals surface area contributed by atoms with Crippen molar-refractivity contribution in [2.75, 3.05) is 14.2 Å². The van der Waals surface area contributed by atoms with E-state index in [1.807, 2.05) is 12.1 Å². The molecule has 0 spiro atoms. The molecule has 0 aromatic heterocycles. The first kappa shape index (κ1) is 16.5. The highest BCUT2D eigenvalue weighted by Crippen LogP contribution is 2.36. The minimum absolute atomic E-state index is 0.337. The Hall–Kier alpha value is -2.34. The monoisotopic (exact) mass is 389 g/mol. The molecule has 1 aliphatic carbocycles. The van der Waals surface area contributed by atoms with Gasteiger partial charge in [-0.1, -0.05) is 33.2 Å². The minimum atomic E-state index is -0.553. The number of halogens is 1. The maximum Gasteiger partial charge on any atom is 0.369 e. The molecule has 0 bridgehead atoms. The molecule has 2 aromatic rings. The normalized spacial score (nSPS) is 14.4. The van der Waals surface area contributed by atoms with Crippen LogP contribution in [0.4, 0.5) is 0 Å². The van der Waals surface area contributed by atoms with Crippen molar-refractivity contribution in [1.82, 2.24) is 0 Å². The Bertz CT molecular complexity index is 817. The first-order valence-corrected chi connectivity index (χ1v) is 8.22. The molecule has 1 aliphatic rings. The summed E-state index contributed by atoms with van der Waals surface area (Å²) in [5.41, 5.74) is 3.04. The SMILES string of the molecule is COc1ccccc1C(=O)O/N=C1/CCc2c(Br)ccc(OC)c21. The van der Waals surface area contributed by atoms with Crippen LogP contribution >= 0.6 is 15.9 Å². The molecular formula is C18H16BrNO4. The molecule has 0 N–H and O–H groups in total. The van der Waals surface area contributed by atoms with Gasteiger partial charge < -0.3 is 14.3 Å². The second kappa shape index (κ2) is 7.05. The summed E-state index contributed by atoms with van der Waals surface area (Å²) in [5, 5.41) is 4.08. The Morgan fingerprint density at radius 1 is 1.04 bits per heavy atom. The predicted octanol–water partition coefficient (Wildman–Crippen LogP) is 3.97. The van der Waals surface area contributed by atoms with Crippen molar-refractivity contribution in [2.24, 2.45) is 5.16 Å². The summed E-state index contributed by atoms with van der Waals surface area (Å²) in [6.45, 7) is 0. The van der Waals surface area contributed by atoms with Gasteiger partial charge in [-0.05, 0) is 42.7 Å². The summed E-state index contributed by atoms with van der Waals surface area (Å²) >= 11 is 3.54. The molecule has 5 nitrogen and oxygen atoms in total. The fourth-order valence-corrected chi connectivity index (χ4v) is 3.28. The summed E-state index contributed by atoms with van der Waals surface area (Å²) in [4.78, 5) is 17.4. The molecule has 0 unspecified atom stereocenters. The molecule has 0 aliphatic heterocycles. The number of benzene rings is 2. The first-order chi connectivity index (χ1) is 11.7. The lowest BCUT2D eigenvalue weighted by Crippen LogP contribution is -2.06. The maximum absolute atomic E-state index is 12.3. The van der Waals surface area contributed by atoms with E-state index in [-0.39, 0.29) is 0 Å². The van der Waals surface area contributed by atoms with Crippen molar-refractivity contribution < 1.29 is 19.1 Å². The van der Waals surface area contributed by atoms with Gasteiger partial charge in [0.1, 0.15) is 17.1 Å². The van der Waals surface area contributed by atoms with Crippen LogP contribution in [0.25, 0.3) is 0 Å². The van der Waals surface area contributed by atoms with E-state index in [4.69, 9.17) is 14.3 Å². The van der Waals surface area contributed by atoms with Crippen molar-refractivity contribution in [3.05, 3.63) is 57.6 Å². The largest absolute Gasteiger partial charge is 0.496 e. The summed E-state index contributed by atoms with van der Waals surface area (Å²) in [6, 6.07) is 10.7. The molecule has 6 heteroatoms. The van der Waals surface area contributed by atoms with Crippen LogP contribution in [0.5, 0.6) is 11.5 Å². The van der Waals surface area contributed by atoms with Crippen LogP contribution < -0.4 is 9.47 Å². The Morgan fingerprint density at radius 3 is 2.54 bits per heavy atom. The number of oxime groups is 1. The van der Waals surface area contributed by atoms with E-state index in [1.54, 1.807) is 31.4 Å². The Morgan fingerprint density at radius 2 is 1.79 bits per heavy atom. The van der Waals surface area contributed by atoms with E-state index in [0.29, 0.717) is 23.4 Å². The molecule has 0 saturated carbocycles. The fourth-order valence-electron chi connectivity index (χ4n) is 2.75. The van der Waals surface area contributed by atoms with Crippen molar-refractivity contribution >= 4 is 27.6 Å². The zero-order valence-electron chi connectivity index (χ0n) is 13.3. The number of methoxy groups -OCH3 is 2. The molecular weight excluding hydrogens is 374 g/mol. The van der Waals surface area contributed by atoms with Gasteiger partial charge >= 0.3 is 5.97 Å². The summed E-state index contributed by atoms with van der Waals surface area (Å²) < 4.78 is 11.6. The molecule has 124 valence electrons. The number of fused-ring (bicyclic) bond motifs is 1. The van der Waals surface area contributed by atoms with Gasteiger partial charge in [-0.2, -0.15) is 0 Å². The Balaban J connectivity index is 1.88. The van der Waals surface area contributed by atoms with E-state index in [2.05, 4.69) is 21.1 Å². The second-order valence-electron chi connectivity index (χ2n) is 5.22. The summed E-state index contributed by atoms with van der Waals surface area (Å²) in [6.07, 6.45) is 1.51. The van der Waals surface area contributed by atoms with Crippen molar-refractivity contribution in [2.45, 2.75) is 12.8 Å². The molecule has 0 saturated heterocycles. The fraction of sp³-hybridized carbons (Fsp3) is 0.222. The molecule has 0 amide bonds. The van der Waals surface area contributed by atoms with Gasteiger partial charge in [0.15, 0.2) is 0 Å². The number of para-hydroxylation sites is 1. The van der Waals surface area contributed by atoms with Gasteiger partial charge in [0.05, 0.1) is 19.9 Å². The number of hydrogen-bond donors (Lipinski definition) is 0. The highest BCUT2D eigenvalue weighted by Gasteiger charge is 2.25. The van der Waals surface area contributed by atoms with Gasteiger partial charge in [-0.25, -0.2) is 4.79 Å². The van der Waals surface area contributed by atoms with Gasteiger partial charge in [0, 0.05) is 10.0 Å². The van der Waals surface area contributed by atoms with E-state index in [1.165, 1.54) is 7.11 Å². The van der Waals surface area contributed by atoms with Crippen LogP contribution in [0.15, 0.2) is 46.0 Å². The minimum Gasteiger partial charge on any atom is -0.496 e. The molecule has 2 aromatic carbocycles. The van der Waals surface area contributed by atoms with Gasteiger partial charge in [-0.15, -0.1) is 0 Å². The smallest absolute Gasteiger partial charge is 0.369 e. The van der Waals surface area contributed by atoms with Crippen molar-refractivity contribution in [3.63, 3.8) is 0 Å². The predicted molar refractivity (Wildman–Crippen MR) is 94.0 cm³/mol. The number of carbonyl (C=O) groups is 1. The highest BCUT2D eigenvalue weighted by molar-refractivity contribution is 9.10. The number of hydrogen-bond acceptors (Lipinski definition) is 5. The zero-order chi connectivity index (χ0) is 17.1. The van der Waals surface area contributed by atoms with Gasteiger partial charge in [0.25, 0.3) is 0 Å². The number of rotatable bonds is 4. The van der Waals surface area contributed by atoms with E-state index in [0.717, 1.165) is 27.8 Å². The van der Waals surface area contributed by atoms with Crippen LogP contribution in [0.3, 0.4) is 0 Å². The third-order valence-corrected chi connectivity index (χ3v) is 4.65. The maximum atomic E-state index is 12.3. The Kier molecular flexibility index (Phi) is 4.85. The highest BCUT2D eigenvalue weighted by atomic mass is 79.9. The molecule has 0 heterocycles. The number of ether oxygens (including phenoxy) is 2. The first-order valence-electron chi connectivity index (χ1n) is 7.42. The number of nitrogens with zero attached hydrogens (tertiary/aromatic N) is 1. The lowest BCUT2D eigenvalue weighted by Gasteiger charge is -2.09. The molecule has 0 fully saturated rings. The van der Waals surface area contributed by atoms with Crippen LogP contribution in [-0.4, -0.2) is 25.9 Å². The van der Waals surface area contributed by atoms with Gasteiger partial charge in [-0.3, -0.25) is 0 Å². The van der Waals surface area contributed by atoms with Crippen LogP contribution in [0, 0.1) is 0 Å². The molecule has 0 radical (unpaired) electrons. The van der Waals surface area contributed by atoms with Gasteiger partial charge in [0.2, 0.25) is 0 Å². The zero-order valence-corrected chi connectivity index (χ0v) is 14.9. The summed E-state index contributed by atoms with van der Waals surface area (Å²) in [5.74, 6) is 0.620. The lowest BCUT2D eigenvalue weighted by atomic mass is 10.1. The van der Waals surface area contributed by atoms with Crippen molar-refractivity contribution in [1.29, 1.82) is 0 Å². The average molecular weight is 390 g/mol. The number of carbonyl (C=O) groups excluding carboxylic acids is 1. The lowest BCUT2D eigenvalue weighted by molar-refractivity contribution is 0.0512. The molecule has 24 heavy (non-hydrogen) atoms. The standard InChI is InChI=1S/C18H16BrNO4/c1-22-15-6-4-3-5-12(15)18(21)24-20-14-9-7-11-13(19)8-10-16(23-2)17(11)14/h3-6,8,10H,7,9H2,1-2H3/b20-14-. The molecule has 0 atom stereocenters. The second-order valence-corrected chi connectivity index (χ2v) is 6.07. The molecule has 3 rings (SSSR count). The van der Waals surface area contributed by atoms with Crippen LogP contribution in [-0.2, 0) is 11.3 Å². The van der Waals surface area contributed by atoms with Crippen LogP contribution in [0.2, 0.25) is 0 Å². The third kappa shape index (κ3) is 3.01. The third-order valence-electron chi connectivity index (χ3n) is 3.90.